The van der Waals surface area contributed by atoms with E-state index in [0.717, 1.165) is 10.8 Å². The number of hydrogen-bond acceptors (Lipinski definition) is 7. The van der Waals surface area contributed by atoms with Gasteiger partial charge in [-0.15, -0.1) is 0 Å². The van der Waals surface area contributed by atoms with Crippen molar-refractivity contribution in [1.29, 1.82) is 0 Å². The predicted octanol–water partition coefficient (Wildman–Crippen LogP) is 1.39. The maximum absolute atomic E-state index is 14.5. The summed E-state index contributed by atoms with van der Waals surface area (Å²) in [5.41, 5.74) is 4.70. The van der Waals surface area contributed by atoms with Crippen LogP contribution in [0.1, 0.15) is 20.3 Å². The van der Waals surface area contributed by atoms with E-state index in [-0.39, 0.29) is 24.0 Å². The number of amides is 2. The van der Waals surface area contributed by atoms with Crippen LogP contribution in [0.2, 0.25) is 0 Å². The summed E-state index contributed by atoms with van der Waals surface area (Å²) in [4.78, 5) is 53.4. The Hall–Kier alpha value is -4.35. The maximum atomic E-state index is 14.5. The molecule has 0 saturated carbocycles. The second-order valence-electron chi connectivity index (χ2n) is 9.13. The predicted molar refractivity (Wildman–Crippen MR) is 138 cm³/mol. The van der Waals surface area contributed by atoms with Crippen LogP contribution in [-0.4, -0.2) is 51.7 Å². The van der Waals surface area contributed by atoms with Crippen LogP contribution in [0.3, 0.4) is 0 Å². The Morgan fingerprint density at radius 2 is 1.87 bits per heavy atom. The number of allylic oxidation sites excluding steroid dienone is 2. The van der Waals surface area contributed by atoms with Crippen LogP contribution in [0.25, 0.3) is 11.4 Å². The van der Waals surface area contributed by atoms with Crippen LogP contribution in [0.4, 0.5) is 14.5 Å². The monoisotopic (exact) mass is 528 g/mol. The molecule has 10 nitrogen and oxygen atoms in total. The highest BCUT2D eigenvalue weighted by Crippen LogP contribution is 2.25. The number of dihydropyridines is 1. The minimum absolute atomic E-state index is 0.100. The van der Waals surface area contributed by atoms with E-state index >= 15 is 0 Å². The molecule has 2 heterocycles. The highest BCUT2D eigenvalue weighted by Gasteiger charge is 2.46. The van der Waals surface area contributed by atoms with Gasteiger partial charge in [-0.05, 0) is 24.6 Å². The molecule has 202 valence electrons. The smallest absolute Gasteiger partial charge is 0.383 e. The molecule has 1 aliphatic rings. The van der Waals surface area contributed by atoms with Gasteiger partial charge < -0.3 is 21.7 Å². The van der Waals surface area contributed by atoms with Gasteiger partial charge in [0, 0.05) is 12.1 Å². The van der Waals surface area contributed by atoms with Crippen molar-refractivity contribution in [2.45, 2.75) is 38.3 Å². The van der Waals surface area contributed by atoms with E-state index in [1.807, 2.05) is 31.3 Å². The molecule has 0 bridgehead atoms. The third-order valence-corrected chi connectivity index (χ3v) is 6.30. The van der Waals surface area contributed by atoms with Gasteiger partial charge in [-0.2, -0.15) is 8.78 Å². The lowest BCUT2D eigenvalue weighted by Gasteiger charge is -2.37. The van der Waals surface area contributed by atoms with Crippen LogP contribution in [-0.2, 0) is 20.9 Å². The van der Waals surface area contributed by atoms with Gasteiger partial charge in [-0.1, -0.05) is 56.3 Å². The number of Topliss-reactive ketones (excluding diaryl/α,β-unsaturated/α-hetero) is 1. The Kier molecular flexibility index (Phi) is 8.76. The van der Waals surface area contributed by atoms with E-state index in [1.54, 1.807) is 42.6 Å². The number of carbonyl (C=O) groups excluding carboxylic acids is 3. The highest BCUT2D eigenvalue weighted by atomic mass is 19.3. The molecule has 5 N–H and O–H groups in total. The maximum Gasteiger partial charge on any atom is 0.383 e. The summed E-state index contributed by atoms with van der Waals surface area (Å²) >= 11 is 0. The SMILES string of the molecule is CC(C)C1(CCNC(=O)C(F)(F)C(=O)CNC(=O)Cn2c(-c3ccccc3)ncc(N)c2=O)C=CC=CN1. The van der Waals surface area contributed by atoms with Crippen LogP contribution < -0.4 is 27.2 Å². The molecular formula is C26H30F2N6O4. The fourth-order valence-corrected chi connectivity index (χ4v) is 3.92. The van der Waals surface area contributed by atoms with Crippen LogP contribution in [0, 0.1) is 5.92 Å². The Labute approximate surface area is 218 Å². The zero-order valence-corrected chi connectivity index (χ0v) is 21.0. The lowest BCUT2D eigenvalue weighted by molar-refractivity contribution is -0.158. The van der Waals surface area contributed by atoms with Gasteiger partial charge in [0.25, 0.3) is 11.5 Å². The first-order valence-corrected chi connectivity index (χ1v) is 12.0. The summed E-state index contributed by atoms with van der Waals surface area (Å²) in [6.07, 6.45) is 8.72. The molecule has 0 radical (unpaired) electrons. The molecular weight excluding hydrogens is 498 g/mol. The minimum Gasteiger partial charge on any atom is -0.393 e. The number of nitrogen functional groups attached to an aromatic ring is 1. The second-order valence-corrected chi connectivity index (χ2v) is 9.13. The Bertz CT molecular complexity index is 1310. The molecule has 1 unspecified atom stereocenters. The molecule has 1 atom stereocenters. The molecule has 0 aliphatic carbocycles. The van der Waals surface area contributed by atoms with E-state index in [9.17, 15) is 28.0 Å². The topological polar surface area (TPSA) is 148 Å². The van der Waals surface area contributed by atoms with Crippen LogP contribution in [0.5, 0.6) is 0 Å². The number of nitrogens with one attached hydrogen (secondary N) is 3. The first kappa shape index (κ1) is 28.2. The highest BCUT2D eigenvalue weighted by molar-refractivity contribution is 6.09. The summed E-state index contributed by atoms with van der Waals surface area (Å²) in [6.45, 7) is 2.06. The number of nitrogens with zero attached hydrogens (tertiary/aromatic N) is 2. The molecule has 2 aromatic rings. The van der Waals surface area contributed by atoms with Crippen molar-refractivity contribution in [1.82, 2.24) is 25.5 Å². The molecule has 0 saturated heterocycles. The van der Waals surface area contributed by atoms with Crippen molar-refractivity contribution in [3.8, 4) is 11.4 Å². The average Bonchev–Trinajstić information content (AvgIpc) is 2.90. The van der Waals surface area contributed by atoms with E-state index in [1.165, 1.54) is 0 Å². The number of anilines is 1. The molecule has 0 fully saturated rings. The van der Waals surface area contributed by atoms with Gasteiger partial charge in [0.2, 0.25) is 11.7 Å². The lowest BCUT2D eigenvalue weighted by Crippen LogP contribution is -2.52. The summed E-state index contributed by atoms with van der Waals surface area (Å²) in [6, 6.07) is 8.48. The number of halogens is 2. The molecule has 1 aliphatic heterocycles. The van der Waals surface area contributed by atoms with E-state index < -0.39 is 47.7 Å². The van der Waals surface area contributed by atoms with Crippen molar-refractivity contribution in [3.05, 3.63) is 71.3 Å². The minimum atomic E-state index is -4.36. The summed E-state index contributed by atoms with van der Waals surface area (Å²) in [5.74, 6) is -8.59. The van der Waals surface area contributed by atoms with Gasteiger partial charge in [0.05, 0.1) is 18.3 Å². The Morgan fingerprint density at radius 3 is 2.50 bits per heavy atom. The van der Waals surface area contributed by atoms with Crippen molar-refractivity contribution in [3.63, 3.8) is 0 Å². The van der Waals surface area contributed by atoms with Crippen LogP contribution >= 0.6 is 0 Å². The van der Waals surface area contributed by atoms with Crippen molar-refractivity contribution < 1.29 is 23.2 Å². The van der Waals surface area contributed by atoms with Crippen molar-refractivity contribution >= 4 is 23.3 Å². The molecule has 38 heavy (non-hydrogen) atoms. The molecule has 3 rings (SSSR count). The Balaban J connectivity index is 1.59. The quantitative estimate of drug-likeness (QED) is 0.322. The first-order valence-electron chi connectivity index (χ1n) is 12.0. The molecule has 1 aromatic heterocycles. The Morgan fingerprint density at radius 1 is 1.16 bits per heavy atom. The van der Waals surface area contributed by atoms with E-state index in [0.29, 0.717) is 12.0 Å². The zero-order chi connectivity index (χ0) is 27.9. The first-order chi connectivity index (χ1) is 18.0. The van der Waals surface area contributed by atoms with Crippen LogP contribution in [0.15, 0.2) is 65.8 Å². The molecule has 1 aromatic carbocycles. The van der Waals surface area contributed by atoms with Crippen molar-refractivity contribution in [2.24, 2.45) is 5.92 Å². The number of rotatable bonds is 11. The molecule has 12 heteroatoms. The fraction of sp³-hybridized carbons (Fsp3) is 0.346. The van der Waals surface area contributed by atoms with Gasteiger partial charge in [-0.25, -0.2) is 4.98 Å². The summed E-state index contributed by atoms with van der Waals surface area (Å²) in [5, 5.41) is 7.34. The number of carbonyl (C=O) groups is 3. The third-order valence-electron chi connectivity index (χ3n) is 6.30. The zero-order valence-electron chi connectivity index (χ0n) is 21.0. The third kappa shape index (κ3) is 6.31. The van der Waals surface area contributed by atoms with E-state index in [2.05, 4.69) is 15.6 Å². The van der Waals surface area contributed by atoms with Gasteiger partial charge in [0.15, 0.2) is 0 Å². The molecule has 0 spiro atoms. The number of aromatic nitrogens is 2. The second kappa shape index (κ2) is 11.8. The van der Waals surface area contributed by atoms with E-state index in [4.69, 9.17) is 5.73 Å². The lowest BCUT2D eigenvalue weighted by atomic mass is 9.82. The standard InChI is InChI=1S/C26H30F2N6O4/c1-17(2)25(10-6-7-12-33-25)11-13-30-24(38)26(27,28)20(35)15-31-21(36)16-34-22(18-8-4-3-5-9-18)32-14-19(29)23(34)37/h3-10,12,14,17,33H,11,13,15-16,29H2,1-2H3,(H,30,38)(H,31,36). The molecule has 2 amide bonds. The largest absolute Gasteiger partial charge is 0.393 e. The number of nitrogens with two attached hydrogens (primary N) is 1. The summed E-state index contributed by atoms with van der Waals surface area (Å²) < 4.78 is 29.9. The number of hydrogen-bond donors (Lipinski definition) is 4. The number of ketones is 1. The number of benzene rings is 1. The van der Waals surface area contributed by atoms with Gasteiger partial charge in [-0.3, -0.25) is 23.7 Å². The van der Waals surface area contributed by atoms with Gasteiger partial charge >= 0.3 is 5.92 Å². The summed E-state index contributed by atoms with van der Waals surface area (Å²) in [7, 11) is 0. The average molecular weight is 529 g/mol. The fourth-order valence-electron chi connectivity index (χ4n) is 3.92. The number of alkyl halides is 2. The normalized spacial score (nSPS) is 16.7. The van der Waals surface area contributed by atoms with Crippen molar-refractivity contribution in [2.75, 3.05) is 18.8 Å². The van der Waals surface area contributed by atoms with Gasteiger partial charge in [0.1, 0.15) is 18.1 Å².